The molecule has 0 saturated carbocycles. The van der Waals surface area contributed by atoms with Crippen LogP contribution in [0.15, 0.2) is 58.0 Å². The summed E-state index contributed by atoms with van der Waals surface area (Å²) in [7, 11) is -1.89. The van der Waals surface area contributed by atoms with Gasteiger partial charge in [0.1, 0.15) is 10.7 Å². The normalized spacial score (nSPS) is 11.8. The minimum Gasteiger partial charge on any atom is -0.414 e. The molecule has 9 nitrogen and oxygen atoms in total. The molecule has 0 aliphatic heterocycles. The molecule has 0 radical (unpaired) electrons. The molecule has 0 unspecified atom stereocenters. The summed E-state index contributed by atoms with van der Waals surface area (Å²) in [5, 5.41) is 10.4. The Morgan fingerprint density at radius 1 is 1.09 bits per heavy atom. The van der Waals surface area contributed by atoms with Gasteiger partial charge < -0.3 is 15.5 Å². The predicted molar refractivity (Wildman–Crippen MR) is 132 cm³/mol. The van der Waals surface area contributed by atoms with Crippen molar-refractivity contribution in [3.63, 3.8) is 0 Å². The molecule has 182 valence electrons. The van der Waals surface area contributed by atoms with E-state index in [9.17, 15) is 12.8 Å². The van der Waals surface area contributed by atoms with E-state index in [1.54, 1.807) is 0 Å². The van der Waals surface area contributed by atoms with E-state index in [-0.39, 0.29) is 38.2 Å². The third-order valence-corrected chi connectivity index (χ3v) is 7.35. The number of hydrogen-bond acceptors (Lipinski definition) is 9. The third-order valence-electron chi connectivity index (χ3n) is 5.16. The van der Waals surface area contributed by atoms with Gasteiger partial charge in [-0.15, -0.1) is 10.2 Å². The fourth-order valence-electron chi connectivity index (χ4n) is 3.24. The number of sulfone groups is 1. The van der Waals surface area contributed by atoms with Crippen LogP contribution in [0.3, 0.4) is 0 Å². The zero-order valence-electron chi connectivity index (χ0n) is 18.8. The lowest BCUT2D eigenvalue weighted by molar-refractivity contribution is 0.561. The van der Waals surface area contributed by atoms with Gasteiger partial charge in [0.15, 0.2) is 21.3 Å². The van der Waals surface area contributed by atoms with E-state index in [0.29, 0.717) is 5.56 Å². The molecule has 2 heterocycles. The number of nitrogen functional groups attached to an aromatic ring is 1. The van der Waals surface area contributed by atoms with Crippen molar-refractivity contribution >= 4 is 15.7 Å². The van der Waals surface area contributed by atoms with Gasteiger partial charge in [-0.3, -0.25) is 0 Å². The van der Waals surface area contributed by atoms with Crippen LogP contribution in [0.1, 0.15) is 23.7 Å². The Bertz CT molecular complexity index is 1450. The second kappa shape index (κ2) is 9.27. The minimum absolute atomic E-state index is 0. The monoisotopic (exact) mass is 488 g/mol. The quantitative estimate of drug-likeness (QED) is 0.391. The van der Waals surface area contributed by atoms with Crippen LogP contribution in [0.25, 0.3) is 34.3 Å². The Hall–Kier alpha value is -3.70. The SMILES string of the molecule is CNCc1ccc(-c2nnc(-c3nc(-c4ccc(S(=O)(=O)C(C)C)c(F)c4)cnc3N)o2)cc1.[HH].[HH].[HH]. The molecule has 0 aliphatic carbocycles. The van der Waals surface area contributed by atoms with Crippen molar-refractivity contribution in [2.75, 3.05) is 12.8 Å². The first-order chi connectivity index (χ1) is 16.2. The summed E-state index contributed by atoms with van der Waals surface area (Å²) in [4.78, 5) is 8.17. The molecule has 0 amide bonds. The topological polar surface area (TPSA) is 137 Å². The van der Waals surface area contributed by atoms with E-state index < -0.39 is 20.9 Å². The molecule has 0 atom stereocenters. The Kier molecular flexibility index (Phi) is 6.40. The van der Waals surface area contributed by atoms with Gasteiger partial charge in [0.2, 0.25) is 5.89 Å². The fraction of sp³-hybridized carbons (Fsp3) is 0.217. The van der Waals surface area contributed by atoms with Gasteiger partial charge in [0.05, 0.1) is 17.1 Å². The number of aromatic nitrogens is 4. The lowest BCUT2D eigenvalue weighted by Crippen LogP contribution is -2.15. The van der Waals surface area contributed by atoms with Crippen molar-refractivity contribution in [2.45, 2.75) is 30.5 Å². The highest BCUT2D eigenvalue weighted by molar-refractivity contribution is 7.92. The van der Waals surface area contributed by atoms with Crippen molar-refractivity contribution in [1.82, 2.24) is 25.5 Å². The Morgan fingerprint density at radius 2 is 1.76 bits per heavy atom. The first-order valence-corrected chi connectivity index (χ1v) is 12.0. The van der Waals surface area contributed by atoms with Crippen molar-refractivity contribution in [3.8, 4) is 34.3 Å². The number of halogens is 1. The Morgan fingerprint density at radius 3 is 2.41 bits per heavy atom. The summed E-state index contributed by atoms with van der Waals surface area (Å²) in [5.74, 6) is -0.469. The fourth-order valence-corrected chi connectivity index (χ4v) is 4.34. The molecule has 34 heavy (non-hydrogen) atoms. The molecule has 0 saturated heterocycles. The van der Waals surface area contributed by atoms with E-state index in [1.165, 1.54) is 32.2 Å². The minimum atomic E-state index is -3.76. The van der Waals surface area contributed by atoms with Gasteiger partial charge in [-0.25, -0.2) is 22.8 Å². The summed E-state index contributed by atoms with van der Waals surface area (Å²) >= 11 is 0. The average Bonchev–Trinajstić information content (AvgIpc) is 3.30. The summed E-state index contributed by atoms with van der Waals surface area (Å²) < 4.78 is 45.1. The van der Waals surface area contributed by atoms with Crippen LogP contribution in [0.5, 0.6) is 0 Å². The van der Waals surface area contributed by atoms with Gasteiger partial charge in [-0.2, -0.15) is 0 Å². The van der Waals surface area contributed by atoms with Crippen LogP contribution in [0.4, 0.5) is 10.2 Å². The van der Waals surface area contributed by atoms with Crippen LogP contribution in [0, 0.1) is 5.82 Å². The molecular formula is C23H29FN6O3S. The Labute approximate surface area is 200 Å². The number of benzene rings is 2. The molecule has 0 aliphatic rings. The van der Waals surface area contributed by atoms with E-state index in [0.717, 1.165) is 23.7 Å². The molecule has 0 spiro atoms. The number of anilines is 1. The highest BCUT2D eigenvalue weighted by Crippen LogP contribution is 2.29. The summed E-state index contributed by atoms with van der Waals surface area (Å²) in [6, 6.07) is 11.4. The third kappa shape index (κ3) is 4.52. The molecule has 4 aromatic rings. The van der Waals surface area contributed by atoms with Gasteiger partial charge in [-0.05, 0) is 50.7 Å². The van der Waals surface area contributed by atoms with Crippen LogP contribution in [-0.2, 0) is 16.4 Å². The second-order valence-electron chi connectivity index (χ2n) is 7.87. The zero-order chi connectivity index (χ0) is 24.5. The van der Waals surface area contributed by atoms with Gasteiger partial charge >= 0.3 is 0 Å². The van der Waals surface area contributed by atoms with Crippen molar-refractivity contribution in [1.29, 1.82) is 0 Å². The molecule has 3 N–H and O–H groups in total. The largest absolute Gasteiger partial charge is 0.414 e. The maximum Gasteiger partial charge on any atom is 0.270 e. The first-order valence-electron chi connectivity index (χ1n) is 10.4. The van der Waals surface area contributed by atoms with Crippen LogP contribution < -0.4 is 11.1 Å². The van der Waals surface area contributed by atoms with Gasteiger partial charge in [0.25, 0.3) is 5.89 Å². The summed E-state index contributed by atoms with van der Waals surface area (Å²) in [6.07, 6.45) is 1.36. The number of rotatable bonds is 7. The van der Waals surface area contributed by atoms with Crippen LogP contribution >= 0.6 is 0 Å². The molecule has 2 aromatic carbocycles. The van der Waals surface area contributed by atoms with Crippen molar-refractivity contribution < 1.29 is 21.5 Å². The molecule has 0 fully saturated rings. The molecule has 11 heteroatoms. The Balaban J connectivity index is 0.00000228. The smallest absolute Gasteiger partial charge is 0.270 e. The lowest BCUT2D eigenvalue weighted by atomic mass is 10.1. The van der Waals surface area contributed by atoms with Crippen molar-refractivity contribution in [3.05, 3.63) is 60.0 Å². The lowest BCUT2D eigenvalue weighted by Gasteiger charge is -2.10. The number of nitrogens with zero attached hydrogens (tertiary/aromatic N) is 4. The maximum absolute atomic E-state index is 14.7. The van der Waals surface area contributed by atoms with E-state index in [4.69, 9.17) is 10.2 Å². The zero-order valence-corrected chi connectivity index (χ0v) is 19.6. The number of nitrogens with two attached hydrogens (primary N) is 1. The number of hydrogen-bond donors (Lipinski definition) is 2. The molecular weight excluding hydrogens is 459 g/mol. The maximum atomic E-state index is 14.7. The van der Waals surface area contributed by atoms with Crippen LogP contribution in [0.2, 0.25) is 0 Å². The van der Waals surface area contributed by atoms with E-state index in [1.807, 2.05) is 31.3 Å². The average molecular weight is 489 g/mol. The predicted octanol–water partition coefficient (Wildman–Crippen LogP) is 4.22. The molecule has 0 bridgehead atoms. The standard InChI is InChI=1S/C23H23FN6O3S.3H2/c1-13(2)34(31,32)19-9-8-16(10-17(19)24)18-12-27-21(25)20(28-18)23-30-29-22(33-23)15-6-4-14(5-7-15)11-26-3;;;/h4-10,12-13,26H,11H2,1-3H3,(H2,25,27);3*1H. The van der Waals surface area contributed by atoms with Crippen LogP contribution in [-0.4, -0.2) is 40.9 Å². The van der Waals surface area contributed by atoms with E-state index in [2.05, 4.69) is 25.5 Å². The molecule has 4 rings (SSSR count). The van der Waals surface area contributed by atoms with Gasteiger partial charge in [0, 0.05) is 22.0 Å². The highest BCUT2D eigenvalue weighted by atomic mass is 32.2. The molecule has 2 aromatic heterocycles. The first kappa shape index (κ1) is 23.5. The number of nitrogens with one attached hydrogen (secondary N) is 1. The second-order valence-corrected chi connectivity index (χ2v) is 10.3. The van der Waals surface area contributed by atoms with Gasteiger partial charge in [-0.1, -0.05) is 18.2 Å². The van der Waals surface area contributed by atoms with E-state index >= 15 is 0 Å². The summed E-state index contributed by atoms with van der Waals surface area (Å²) in [5.41, 5.74) is 8.56. The van der Waals surface area contributed by atoms with Crippen molar-refractivity contribution in [2.24, 2.45) is 0 Å². The highest BCUT2D eigenvalue weighted by Gasteiger charge is 2.24. The summed E-state index contributed by atoms with van der Waals surface area (Å²) in [6.45, 7) is 3.73.